The second kappa shape index (κ2) is 2.63. The minimum atomic E-state index is -1.34. The Bertz CT molecular complexity index is 236. The van der Waals surface area contributed by atoms with Crippen molar-refractivity contribution in [2.24, 2.45) is 0 Å². The maximum Gasteiger partial charge on any atom is 0.338 e. The quantitative estimate of drug-likeness (QED) is 0.441. The summed E-state index contributed by atoms with van der Waals surface area (Å²) >= 11 is 0. The molecule has 68 valence electrons. The first-order chi connectivity index (χ1) is 5.49. The fraction of sp³-hybridized carbons (Fsp3) is 0.667. The van der Waals surface area contributed by atoms with Crippen molar-refractivity contribution in [1.29, 1.82) is 0 Å². The zero-order chi connectivity index (χ0) is 9.35. The zero-order valence-electron chi connectivity index (χ0n) is 6.94. The van der Waals surface area contributed by atoms with Crippen LogP contribution < -0.4 is 5.32 Å². The summed E-state index contributed by atoms with van der Waals surface area (Å²) < 4.78 is 0. The van der Waals surface area contributed by atoms with E-state index in [1.165, 1.54) is 18.0 Å². The Morgan fingerprint density at radius 3 is 2.83 bits per heavy atom. The van der Waals surface area contributed by atoms with E-state index in [1.54, 1.807) is 6.92 Å². The molecule has 6 nitrogen and oxygen atoms in total. The van der Waals surface area contributed by atoms with E-state index in [1.807, 2.05) is 0 Å². The van der Waals surface area contributed by atoms with E-state index in [9.17, 15) is 15.2 Å². The van der Waals surface area contributed by atoms with Crippen molar-refractivity contribution in [3.8, 4) is 0 Å². The first kappa shape index (κ1) is 8.79. The predicted molar refractivity (Wildman–Crippen MR) is 41.2 cm³/mol. The Kier molecular flexibility index (Phi) is 1.93. The largest absolute Gasteiger partial charge is 0.358 e. The highest BCUT2D eigenvalue weighted by Gasteiger charge is 2.42. The summed E-state index contributed by atoms with van der Waals surface area (Å²) in [5, 5.41) is 22.4. The van der Waals surface area contributed by atoms with Crippen molar-refractivity contribution in [3.63, 3.8) is 0 Å². The third-order valence-corrected chi connectivity index (χ3v) is 1.78. The molecule has 0 saturated carbocycles. The number of aliphatic hydroxyl groups is 1. The van der Waals surface area contributed by atoms with Gasteiger partial charge in [0.05, 0.1) is 12.7 Å². The minimum Gasteiger partial charge on any atom is -0.358 e. The highest BCUT2D eigenvalue weighted by atomic mass is 16.6. The lowest BCUT2D eigenvalue weighted by atomic mass is 10.4. The number of hydrogen-bond acceptors (Lipinski definition) is 5. The summed E-state index contributed by atoms with van der Waals surface area (Å²) in [7, 11) is 0. The topological polar surface area (TPSA) is 78.6 Å². The Balaban J connectivity index is 2.87. The number of nitro groups is 1. The molecule has 0 amide bonds. The third-order valence-electron chi connectivity index (χ3n) is 1.78. The van der Waals surface area contributed by atoms with Crippen molar-refractivity contribution < 1.29 is 10.0 Å². The lowest BCUT2D eigenvalue weighted by Gasteiger charge is -2.24. The summed E-state index contributed by atoms with van der Waals surface area (Å²) in [6, 6.07) is 0. The van der Waals surface area contributed by atoms with Gasteiger partial charge in [-0.3, -0.25) is 0 Å². The van der Waals surface area contributed by atoms with Crippen LogP contribution in [0.4, 0.5) is 0 Å². The standard InChI is InChI=1S/C6H11N3O3/c1-3-8-5(9(11)12)4-7-6(8,2)10/h4,7,10H,3H2,1-2H3. The van der Waals surface area contributed by atoms with Gasteiger partial charge in [0.2, 0.25) is 0 Å². The third kappa shape index (κ3) is 1.20. The van der Waals surface area contributed by atoms with E-state index in [4.69, 9.17) is 0 Å². The molecule has 0 saturated heterocycles. The zero-order valence-corrected chi connectivity index (χ0v) is 6.94. The van der Waals surface area contributed by atoms with Gasteiger partial charge in [-0.05, 0) is 11.8 Å². The van der Waals surface area contributed by atoms with Gasteiger partial charge in [-0.1, -0.05) is 0 Å². The van der Waals surface area contributed by atoms with Crippen LogP contribution in [0.5, 0.6) is 0 Å². The van der Waals surface area contributed by atoms with Crippen molar-refractivity contribution in [2.45, 2.75) is 19.7 Å². The maximum atomic E-state index is 10.4. The monoisotopic (exact) mass is 173 g/mol. The van der Waals surface area contributed by atoms with Crippen molar-refractivity contribution in [3.05, 3.63) is 22.1 Å². The van der Waals surface area contributed by atoms with Crippen LogP contribution in [0.1, 0.15) is 13.8 Å². The van der Waals surface area contributed by atoms with Crippen LogP contribution in [0.25, 0.3) is 0 Å². The van der Waals surface area contributed by atoms with Gasteiger partial charge in [-0.25, -0.2) is 4.90 Å². The number of nitrogens with one attached hydrogen (secondary N) is 1. The number of rotatable bonds is 2. The van der Waals surface area contributed by atoms with Gasteiger partial charge in [0, 0.05) is 6.92 Å². The summed E-state index contributed by atoms with van der Waals surface area (Å²) in [5.41, 5.74) is 0. The predicted octanol–water partition coefficient (Wildman–Crippen LogP) is -0.347. The smallest absolute Gasteiger partial charge is 0.338 e. The molecular formula is C6H11N3O3. The van der Waals surface area contributed by atoms with E-state index in [0.29, 0.717) is 6.54 Å². The molecule has 0 aromatic carbocycles. The van der Waals surface area contributed by atoms with Gasteiger partial charge in [-0.15, -0.1) is 0 Å². The Labute approximate surface area is 69.6 Å². The normalized spacial score (nSPS) is 28.2. The highest BCUT2D eigenvalue weighted by molar-refractivity contribution is 5.02. The van der Waals surface area contributed by atoms with Crippen LogP contribution in [0.15, 0.2) is 12.0 Å². The molecule has 0 aromatic rings. The Hall–Kier alpha value is -1.30. The lowest BCUT2D eigenvalue weighted by Crippen LogP contribution is -2.50. The van der Waals surface area contributed by atoms with Gasteiger partial charge < -0.3 is 20.5 Å². The number of hydrogen-bond donors (Lipinski definition) is 2. The first-order valence-electron chi connectivity index (χ1n) is 3.61. The summed E-state index contributed by atoms with van der Waals surface area (Å²) in [5.74, 6) is -1.44. The fourth-order valence-electron chi connectivity index (χ4n) is 1.20. The molecule has 0 bridgehead atoms. The van der Waals surface area contributed by atoms with E-state index >= 15 is 0 Å². The molecule has 1 unspecified atom stereocenters. The molecule has 6 heteroatoms. The number of nitrogens with zero attached hydrogens (tertiary/aromatic N) is 2. The van der Waals surface area contributed by atoms with E-state index < -0.39 is 10.8 Å². The second-order valence-corrected chi connectivity index (χ2v) is 2.67. The molecule has 1 aliphatic rings. The van der Waals surface area contributed by atoms with Crippen LogP contribution in [0.2, 0.25) is 0 Å². The van der Waals surface area contributed by atoms with Crippen molar-refractivity contribution >= 4 is 0 Å². The lowest BCUT2D eigenvalue weighted by molar-refractivity contribution is -0.451. The first-order valence-corrected chi connectivity index (χ1v) is 3.61. The van der Waals surface area contributed by atoms with Gasteiger partial charge >= 0.3 is 5.82 Å². The molecule has 0 aliphatic carbocycles. The molecule has 0 aromatic heterocycles. The molecule has 0 radical (unpaired) electrons. The summed E-state index contributed by atoms with van der Waals surface area (Å²) in [6.45, 7) is 3.58. The molecule has 12 heavy (non-hydrogen) atoms. The molecule has 1 rings (SSSR count). The van der Waals surface area contributed by atoms with Gasteiger partial charge in [0.15, 0.2) is 0 Å². The van der Waals surface area contributed by atoms with Crippen molar-refractivity contribution in [2.75, 3.05) is 6.54 Å². The van der Waals surface area contributed by atoms with Crippen LogP contribution in [-0.4, -0.2) is 27.3 Å². The molecule has 1 heterocycles. The van der Waals surface area contributed by atoms with Crippen LogP contribution in [0.3, 0.4) is 0 Å². The minimum absolute atomic E-state index is 0.109. The molecular weight excluding hydrogens is 162 g/mol. The molecule has 2 N–H and O–H groups in total. The fourth-order valence-corrected chi connectivity index (χ4v) is 1.20. The van der Waals surface area contributed by atoms with Gasteiger partial charge in [0.1, 0.15) is 0 Å². The summed E-state index contributed by atoms with van der Waals surface area (Å²) in [6.07, 6.45) is 1.20. The highest BCUT2D eigenvalue weighted by Crippen LogP contribution is 2.20. The molecule has 1 aliphatic heterocycles. The van der Waals surface area contributed by atoms with E-state index in [2.05, 4.69) is 5.32 Å². The average molecular weight is 173 g/mol. The SMILES string of the molecule is CCN1C([N+](=O)[O-])=CNC1(C)O. The van der Waals surface area contributed by atoms with E-state index in [0.717, 1.165) is 0 Å². The van der Waals surface area contributed by atoms with Gasteiger partial charge in [-0.2, -0.15) is 0 Å². The Morgan fingerprint density at radius 1 is 1.92 bits per heavy atom. The molecule has 0 fully saturated rings. The van der Waals surface area contributed by atoms with E-state index in [-0.39, 0.29) is 5.82 Å². The van der Waals surface area contributed by atoms with Gasteiger partial charge in [0.25, 0.3) is 5.85 Å². The van der Waals surface area contributed by atoms with Crippen LogP contribution in [-0.2, 0) is 0 Å². The average Bonchev–Trinajstić information content (AvgIpc) is 2.24. The van der Waals surface area contributed by atoms with Crippen LogP contribution >= 0.6 is 0 Å². The maximum absolute atomic E-state index is 10.4. The Morgan fingerprint density at radius 2 is 2.50 bits per heavy atom. The second-order valence-electron chi connectivity index (χ2n) is 2.67. The van der Waals surface area contributed by atoms with Crippen molar-refractivity contribution in [1.82, 2.24) is 10.2 Å². The molecule has 1 atom stereocenters. The molecule has 0 spiro atoms. The van der Waals surface area contributed by atoms with Crippen LogP contribution in [0, 0.1) is 10.1 Å². The summed E-state index contributed by atoms with van der Waals surface area (Å²) in [4.78, 5) is 11.1.